The van der Waals surface area contributed by atoms with Crippen LogP contribution in [0, 0.1) is 0 Å². The van der Waals surface area contributed by atoms with Crippen molar-refractivity contribution in [3.63, 3.8) is 0 Å². The highest BCUT2D eigenvalue weighted by atomic mass is 35.5. The molecule has 0 aliphatic heterocycles. The van der Waals surface area contributed by atoms with Crippen molar-refractivity contribution >= 4 is 44.2 Å². The van der Waals surface area contributed by atoms with Crippen LogP contribution in [0.25, 0.3) is 10.2 Å². The summed E-state index contributed by atoms with van der Waals surface area (Å²) in [5.74, 6) is -0.0971. The molecule has 1 aromatic carbocycles. The fraction of sp³-hybridized carbons (Fsp3) is 0.385. The quantitative estimate of drug-likeness (QED) is 0.914. The van der Waals surface area contributed by atoms with Crippen molar-refractivity contribution in [1.82, 2.24) is 10.3 Å². The average molecular weight is 298 g/mol. The molecule has 2 N–H and O–H groups in total. The third-order valence-corrected chi connectivity index (χ3v) is 3.54. The lowest BCUT2D eigenvalue weighted by molar-refractivity contribution is -0.115. The van der Waals surface area contributed by atoms with Gasteiger partial charge in [0.25, 0.3) is 0 Å². The molecular weight excluding hydrogens is 282 g/mol. The minimum absolute atomic E-state index is 0.0849. The van der Waals surface area contributed by atoms with Crippen LogP contribution in [0.5, 0.6) is 0 Å². The summed E-state index contributed by atoms with van der Waals surface area (Å²) < 4.78 is 0.964. The number of hydrogen-bond donors (Lipinski definition) is 2. The van der Waals surface area contributed by atoms with Crippen LogP contribution in [-0.4, -0.2) is 23.0 Å². The van der Waals surface area contributed by atoms with Crippen LogP contribution >= 0.6 is 22.9 Å². The van der Waals surface area contributed by atoms with Crippen LogP contribution in [0.1, 0.15) is 20.8 Å². The summed E-state index contributed by atoms with van der Waals surface area (Å²) in [5, 5.41) is 7.18. The molecule has 1 amide bonds. The Kier molecular flexibility index (Phi) is 4.08. The smallest absolute Gasteiger partial charge is 0.240 e. The normalized spacial score (nSPS) is 11.8. The van der Waals surface area contributed by atoms with Crippen molar-refractivity contribution in [3.8, 4) is 0 Å². The van der Waals surface area contributed by atoms with E-state index in [1.165, 1.54) is 11.3 Å². The molecule has 6 heteroatoms. The summed E-state index contributed by atoms with van der Waals surface area (Å²) in [5.41, 5.74) is 0.756. The van der Waals surface area contributed by atoms with Crippen molar-refractivity contribution in [3.05, 3.63) is 23.2 Å². The molecule has 0 saturated carbocycles. The maximum atomic E-state index is 11.8. The summed E-state index contributed by atoms with van der Waals surface area (Å²) in [7, 11) is 0. The highest BCUT2D eigenvalue weighted by Crippen LogP contribution is 2.28. The fourth-order valence-corrected chi connectivity index (χ4v) is 2.62. The predicted molar refractivity (Wildman–Crippen MR) is 81.0 cm³/mol. The van der Waals surface area contributed by atoms with Gasteiger partial charge in [0.2, 0.25) is 5.91 Å². The van der Waals surface area contributed by atoms with Crippen molar-refractivity contribution in [1.29, 1.82) is 0 Å². The number of carbonyl (C=O) groups excluding carboxylic acids is 1. The second-order valence-corrected chi connectivity index (χ2v) is 6.75. The van der Waals surface area contributed by atoms with E-state index in [9.17, 15) is 4.79 Å². The van der Waals surface area contributed by atoms with E-state index in [1.54, 1.807) is 6.07 Å². The summed E-state index contributed by atoms with van der Waals surface area (Å²) in [6.45, 7) is 6.31. The number of anilines is 1. The van der Waals surface area contributed by atoms with Gasteiger partial charge in [-0.2, -0.15) is 0 Å². The van der Waals surface area contributed by atoms with Crippen LogP contribution < -0.4 is 10.6 Å². The van der Waals surface area contributed by atoms with Crippen molar-refractivity contribution in [2.75, 3.05) is 11.9 Å². The van der Waals surface area contributed by atoms with Crippen molar-refractivity contribution in [2.24, 2.45) is 0 Å². The monoisotopic (exact) mass is 297 g/mol. The van der Waals surface area contributed by atoms with Crippen molar-refractivity contribution in [2.45, 2.75) is 26.3 Å². The van der Waals surface area contributed by atoms with Gasteiger partial charge in [-0.25, -0.2) is 4.98 Å². The maximum absolute atomic E-state index is 11.8. The topological polar surface area (TPSA) is 54.0 Å². The third kappa shape index (κ3) is 4.16. The Labute approximate surface area is 121 Å². The molecule has 2 aromatic rings. The number of nitrogens with one attached hydrogen (secondary N) is 2. The molecular formula is C13H16ClN3OS. The Balaban J connectivity index is 2.03. The molecule has 0 aliphatic rings. The number of nitrogens with zero attached hydrogens (tertiary/aromatic N) is 1. The van der Waals surface area contributed by atoms with E-state index in [4.69, 9.17) is 11.6 Å². The molecule has 0 bridgehead atoms. The molecule has 1 heterocycles. The van der Waals surface area contributed by atoms with E-state index in [0.717, 1.165) is 10.2 Å². The number of amides is 1. The highest BCUT2D eigenvalue weighted by molar-refractivity contribution is 7.22. The number of carbonyl (C=O) groups is 1. The number of halogens is 1. The lowest BCUT2D eigenvalue weighted by Crippen LogP contribution is -2.41. The molecule has 0 radical (unpaired) electrons. The Bertz CT molecular complexity index is 603. The molecule has 0 aliphatic carbocycles. The first-order valence-electron chi connectivity index (χ1n) is 5.94. The molecule has 4 nitrogen and oxygen atoms in total. The molecule has 2 rings (SSSR count). The van der Waals surface area contributed by atoms with Crippen LogP contribution in [0.4, 0.5) is 5.13 Å². The van der Waals surface area contributed by atoms with Gasteiger partial charge < -0.3 is 10.6 Å². The van der Waals surface area contributed by atoms with Gasteiger partial charge in [-0.1, -0.05) is 22.9 Å². The van der Waals surface area contributed by atoms with Gasteiger partial charge >= 0.3 is 0 Å². The number of benzene rings is 1. The number of aromatic nitrogens is 1. The van der Waals surface area contributed by atoms with Gasteiger partial charge in [-0.05, 0) is 39.0 Å². The number of rotatable bonds is 3. The first-order chi connectivity index (χ1) is 8.83. The summed E-state index contributed by atoms with van der Waals surface area (Å²) in [4.78, 5) is 16.1. The van der Waals surface area contributed by atoms with Crippen LogP contribution in [0.15, 0.2) is 18.2 Å². The molecule has 0 fully saturated rings. The maximum Gasteiger partial charge on any atom is 0.240 e. The largest absolute Gasteiger partial charge is 0.304 e. The lowest BCUT2D eigenvalue weighted by Gasteiger charge is -2.19. The Morgan fingerprint density at radius 2 is 2.16 bits per heavy atom. The molecule has 102 valence electrons. The van der Waals surface area contributed by atoms with Gasteiger partial charge in [-0.15, -0.1) is 0 Å². The van der Waals surface area contributed by atoms with E-state index >= 15 is 0 Å². The van der Waals surface area contributed by atoms with Gasteiger partial charge in [0, 0.05) is 10.6 Å². The van der Waals surface area contributed by atoms with Gasteiger partial charge in [0.05, 0.1) is 16.8 Å². The summed E-state index contributed by atoms with van der Waals surface area (Å²) >= 11 is 7.33. The Hall–Kier alpha value is -1.17. The number of hydrogen-bond acceptors (Lipinski definition) is 4. The van der Waals surface area contributed by atoms with Gasteiger partial charge in [0.1, 0.15) is 0 Å². The second kappa shape index (κ2) is 5.45. The second-order valence-electron chi connectivity index (χ2n) is 5.28. The lowest BCUT2D eigenvalue weighted by atomic mass is 10.1. The predicted octanol–water partition coefficient (Wildman–Crippen LogP) is 3.28. The zero-order valence-corrected chi connectivity index (χ0v) is 12.7. The number of fused-ring (bicyclic) bond motifs is 1. The minimum atomic E-state index is -0.0971. The Morgan fingerprint density at radius 3 is 2.84 bits per heavy atom. The van der Waals surface area contributed by atoms with E-state index in [2.05, 4.69) is 15.6 Å². The van der Waals surface area contributed by atoms with Gasteiger partial charge in [0.15, 0.2) is 5.13 Å². The molecule has 0 saturated heterocycles. The molecule has 19 heavy (non-hydrogen) atoms. The molecule has 0 unspecified atom stereocenters. The highest BCUT2D eigenvalue weighted by Gasteiger charge is 2.12. The van der Waals surface area contributed by atoms with Crippen LogP contribution in [-0.2, 0) is 4.79 Å². The van der Waals surface area contributed by atoms with E-state index in [-0.39, 0.29) is 18.0 Å². The number of thiazole rings is 1. The average Bonchev–Trinajstić information content (AvgIpc) is 2.66. The summed E-state index contributed by atoms with van der Waals surface area (Å²) in [6, 6.07) is 5.48. The SMILES string of the molecule is CC(C)(C)NCC(=O)Nc1nc2ccc(Cl)cc2s1. The minimum Gasteiger partial charge on any atom is -0.304 e. The fourth-order valence-electron chi connectivity index (χ4n) is 1.46. The first-order valence-corrected chi connectivity index (χ1v) is 7.14. The van der Waals surface area contributed by atoms with Crippen LogP contribution in [0.2, 0.25) is 5.02 Å². The summed E-state index contributed by atoms with van der Waals surface area (Å²) in [6.07, 6.45) is 0. The van der Waals surface area contributed by atoms with Crippen molar-refractivity contribution < 1.29 is 4.79 Å². The zero-order valence-electron chi connectivity index (χ0n) is 11.1. The van der Waals surface area contributed by atoms with Gasteiger partial charge in [-0.3, -0.25) is 4.79 Å². The molecule has 1 aromatic heterocycles. The first kappa shape index (κ1) is 14.2. The van der Waals surface area contributed by atoms with Crippen LogP contribution in [0.3, 0.4) is 0 Å². The third-order valence-electron chi connectivity index (χ3n) is 2.38. The molecule has 0 atom stereocenters. The van der Waals surface area contributed by atoms with E-state index < -0.39 is 0 Å². The standard InChI is InChI=1S/C13H16ClN3OS/c1-13(2,3)15-7-11(18)17-12-16-9-5-4-8(14)6-10(9)19-12/h4-6,15H,7H2,1-3H3,(H,16,17,18). The zero-order chi connectivity index (χ0) is 14.0. The van der Waals surface area contributed by atoms with E-state index in [1.807, 2.05) is 32.9 Å². The molecule has 0 spiro atoms. The Morgan fingerprint density at radius 1 is 1.42 bits per heavy atom. The van der Waals surface area contributed by atoms with E-state index in [0.29, 0.717) is 10.2 Å².